The van der Waals surface area contributed by atoms with Gasteiger partial charge in [0.15, 0.2) is 0 Å². The lowest BCUT2D eigenvalue weighted by Crippen LogP contribution is -1.95. The van der Waals surface area contributed by atoms with Crippen LogP contribution in [0.5, 0.6) is 0 Å². The highest BCUT2D eigenvalue weighted by Crippen LogP contribution is 2.30. The molecule has 0 bridgehead atoms. The van der Waals surface area contributed by atoms with Crippen LogP contribution in [-0.4, -0.2) is 11.6 Å². The highest BCUT2D eigenvalue weighted by molar-refractivity contribution is 5.82. The summed E-state index contributed by atoms with van der Waals surface area (Å²) in [5.74, 6) is 1.77. The van der Waals surface area contributed by atoms with E-state index in [1.807, 2.05) is 6.92 Å². The van der Waals surface area contributed by atoms with E-state index < -0.39 is 0 Å². The Kier molecular flexibility index (Phi) is 3.64. The van der Waals surface area contributed by atoms with Gasteiger partial charge in [-0.25, -0.2) is 0 Å². The fourth-order valence-corrected chi connectivity index (χ4v) is 1.18. The van der Waals surface area contributed by atoms with Crippen molar-refractivity contribution in [3.63, 3.8) is 0 Å². The van der Waals surface area contributed by atoms with Crippen LogP contribution < -0.4 is 0 Å². The third kappa shape index (κ3) is 4.20. The molecular formula is C11H18O2. The summed E-state index contributed by atoms with van der Waals surface area (Å²) in [6.07, 6.45) is 5.36. The van der Waals surface area contributed by atoms with Gasteiger partial charge in [0.2, 0.25) is 0 Å². The first-order valence-corrected chi connectivity index (χ1v) is 5.18. The van der Waals surface area contributed by atoms with Crippen molar-refractivity contribution in [3.8, 4) is 0 Å². The molecule has 0 aliphatic heterocycles. The Hall–Kier alpha value is -0.660. The van der Waals surface area contributed by atoms with Crippen molar-refractivity contribution < 1.29 is 9.59 Å². The Morgan fingerprint density at radius 1 is 1.08 bits per heavy atom. The van der Waals surface area contributed by atoms with Crippen molar-refractivity contribution in [2.24, 2.45) is 11.8 Å². The SMILES string of the molecule is CC(=O)C1CC1.CCC(=O)C1CC1. The molecule has 0 saturated heterocycles. The fraction of sp³-hybridized carbons (Fsp3) is 0.818. The molecule has 0 unspecified atom stereocenters. The van der Waals surface area contributed by atoms with E-state index in [9.17, 15) is 9.59 Å². The molecule has 2 aliphatic carbocycles. The average molecular weight is 182 g/mol. The Morgan fingerprint density at radius 2 is 1.54 bits per heavy atom. The van der Waals surface area contributed by atoms with Crippen LogP contribution in [0.1, 0.15) is 46.0 Å². The van der Waals surface area contributed by atoms with E-state index in [-0.39, 0.29) is 0 Å². The molecule has 0 spiro atoms. The molecule has 0 N–H and O–H groups in total. The van der Waals surface area contributed by atoms with Gasteiger partial charge in [-0.2, -0.15) is 0 Å². The normalized spacial score (nSPS) is 20.2. The average Bonchev–Trinajstić information content (AvgIpc) is 2.88. The lowest BCUT2D eigenvalue weighted by Gasteiger charge is -1.84. The molecule has 0 radical (unpaired) electrons. The summed E-state index contributed by atoms with van der Waals surface area (Å²) in [7, 11) is 0. The van der Waals surface area contributed by atoms with E-state index in [1.54, 1.807) is 6.92 Å². The maximum atomic E-state index is 10.6. The summed E-state index contributed by atoms with van der Waals surface area (Å²) in [4.78, 5) is 20.8. The van der Waals surface area contributed by atoms with Gasteiger partial charge in [0.25, 0.3) is 0 Å². The van der Waals surface area contributed by atoms with Crippen molar-refractivity contribution in [2.75, 3.05) is 0 Å². The number of ketones is 2. The smallest absolute Gasteiger partial charge is 0.135 e. The van der Waals surface area contributed by atoms with Crippen LogP contribution in [0.2, 0.25) is 0 Å². The number of hydrogen-bond donors (Lipinski definition) is 0. The van der Waals surface area contributed by atoms with E-state index in [0.29, 0.717) is 23.4 Å². The standard InChI is InChI=1S/C6H10O.C5H8O/c1-2-6(7)5-3-4-5;1-4(6)5-2-3-5/h5H,2-4H2,1H3;5H,2-3H2,1H3. The maximum Gasteiger partial charge on any atom is 0.135 e. The van der Waals surface area contributed by atoms with E-state index in [2.05, 4.69) is 0 Å². The van der Waals surface area contributed by atoms with E-state index in [0.717, 1.165) is 32.1 Å². The molecule has 0 amide bonds. The summed E-state index contributed by atoms with van der Waals surface area (Å²) >= 11 is 0. The zero-order valence-electron chi connectivity index (χ0n) is 8.51. The molecule has 2 aliphatic rings. The van der Waals surface area contributed by atoms with Crippen molar-refractivity contribution >= 4 is 11.6 Å². The largest absolute Gasteiger partial charge is 0.300 e. The molecule has 2 rings (SSSR count). The Balaban J connectivity index is 0.000000132. The van der Waals surface area contributed by atoms with Crippen LogP contribution in [0.25, 0.3) is 0 Å². The van der Waals surface area contributed by atoms with Gasteiger partial charge in [0.05, 0.1) is 0 Å². The van der Waals surface area contributed by atoms with Crippen molar-refractivity contribution in [1.82, 2.24) is 0 Å². The molecule has 0 heterocycles. The van der Waals surface area contributed by atoms with Crippen LogP contribution in [0.3, 0.4) is 0 Å². The van der Waals surface area contributed by atoms with Gasteiger partial charge >= 0.3 is 0 Å². The summed E-state index contributed by atoms with van der Waals surface area (Å²) in [6, 6.07) is 0. The molecule has 2 nitrogen and oxygen atoms in total. The summed E-state index contributed by atoms with van der Waals surface area (Å²) in [5, 5.41) is 0. The van der Waals surface area contributed by atoms with E-state index in [1.165, 1.54) is 0 Å². The van der Waals surface area contributed by atoms with Gasteiger partial charge in [0.1, 0.15) is 11.6 Å². The molecule has 0 aromatic heterocycles. The summed E-state index contributed by atoms with van der Waals surface area (Å²) in [5.41, 5.74) is 0. The molecule has 2 fully saturated rings. The predicted molar refractivity (Wildman–Crippen MR) is 51.4 cm³/mol. The second-order valence-corrected chi connectivity index (χ2v) is 3.98. The van der Waals surface area contributed by atoms with Gasteiger partial charge in [-0.3, -0.25) is 9.59 Å². The fourth-order valence-electron chi connectivity index (χ4n) is 1.18. The third-order valence-corrected chi connectivity index (χ3v) is 2.53. The number of hydrogen-bond acceptors (Lipinski definition) is 2. The van der Waals surface area contributed by atoms with Crippen LogP contribution >= 0.6 is 0 Å². The van der Waals surface area contributed by atoms with Crippen LogP contribution in [0.15, 0.2) is 0 Å². The molecule has 2 heteroatoms. The minimum atomic E-state index is 0.370. The topological polar surface area (TPSA) is 34.1 Å². The minimum absolute atomic E-state index is 0.370. The zero-order valence-corrected chi connectivity index (χ0v) is 8.51. The molecular weight excluding hydrogens is 164 g/mol. The lowest BCUT2D eigenvalue weighted by molar-refractivity contribution is -0.120. The molecule has 0 aromatic carbocycles. The number of rotatable bonds is 3. The Labute approximate surface area is 79.7 Å². The summed E-state index contributed by atoms with van der Waals surface area (Å²) < 4.78 is 0. The monoisotopic (exact) mass is 182 g/mol. The lowest BCUT2D eigenvalue weighted by atomic mass is 10.2. The van der Waals surface area contributed by atoms with Crippen LogP contribution in [0, 0.1) is 11.8 Å². The maximum absolute atomic E-state index is 10.6. The van der Waals surface area contributed by atoms with E-state index >= 15 is 0 Å². The molecule has 13 heavy (non-hydrogen) atoms. The zero-order chi connectivity index (χ0) is 9.84. The highest BCUT2D eigenvalue weighted by atomic mass is 16.1. The number of carbonyl (C=O) groups excluding carboxylic acids is 2. The van der Waals surface area contributed by atoms with Gasteiger partial charge in [0, 0.05) is 18.3 Å². The number of carbonyl (C=O) groups is 2. The van der Waals surface area contributed by atoms with Gasteiger partial charge in [-0.1, -0.05) is 6.92 Å². The van der Waals surface area contributed by atoms with E-state index in [4.69, 9.17) is 0 Å². The Morgan fingerprint density at radius 3 is 1.62 bits per heavy atom. The second kappa shape index (κ2) is 4.54. The van der Waals surface area contributed by atoms with Gasteiger partial charge in [-0.15, -0.1) is 0 Å². The first-order chi connectivity index (χ1) is 6.15. The molecule has 0 aromatic rings. The first kappa shape index (κ1) is 10.4. The van der Waals surface area contributed by atoms with Crippen LogP contribution in [0.4, 0.5) is 0 Å². The van der Waals surface area contributed by atoms with Crippen molar-refractivity contribution in [2.45, 2.75) is 46.0 Å². The quantitative estimate of drug-likeness (QED) is 0.671. The van der Waals surface area contributed by atoms with Gasteiger partial charge in [-0.05, 0) is 32.6 Å². The summed E-state index contributed by atoms with van der Waals surface area (Å²) in [6.45, 7) is 3.60. The second-order valence-electron chi connectivity index (χ2n) is 3.98. The van der Waals surface area contributed by atoms with Gasteiger partial charge < -0.3 is 0 Å². The van der Waals surface area contributed by atoms with Crippen molar-refractivity contribution in [3.05, 3.63) is 0 Å². The predicted octanol–water partition coefficient (Wildman–Crippen LogP) is 2.36. The highest BCUT2D eigenvalue weighted by Gasteiger charge is 2.27. The Bertz CT molecular complexity index is 200. The molecule has 2 saturated carbocycles. The third-order valence-electron chi connectivity index (χ3n) is 2.53. The number of Topliss-reactive ketones (excluding diaryl/α,β-unsaturated/α-hetero) is 2. The first-order valence-electron chi connectivity index (χ1n) is 5.18. The van der Waals surface area contributed by atoms with Crippen LogP contribution in [-0.2, 0) is 9.59 Å². The minimum Gasteiger partial charge on any atom is -0.300 e. The molecule has 74 valence electrons. The van der Waals surface area contributed by atoms with Crippen molar-refractivity contribution in [1.29, 1.82) is 0 Å². The molecule has 0 atom stereocenters.